The lowest BCUT2D eigenvalue weighted by molar-refractivity contribution is -0.440. The highest BCUT2D eigenvalue weighted by Gasteiger charge is 2.90. The van der Waals surface area contributed by atoms with Crippen LogP contribution in [0.2, 0.25) is 0 Å². The lowest BCUT2D eigenvalue weighted by Gasteiger charge is -2.39. The van der Waals surface area contributed by atoms with E-state index in [0.29, 0.717) is 24.2 Å². The van der Waals surface area contributed by atoms with E-state index in [1.54, 1.807) is 29.3 Å². The second kappa shape index (κ2) is 20.8. The lowest BCUT2D eigenvalue weighted by atomic mass is 9.91. The molecule has 0 saturated carbocycles. The minimum absolute atomic E-state index is 0.0334. The summed E-state index contributed by atoms with van der Waals surface area (Å²) in [5.74, 6) is -36.9. The highest BCUT2D eigenvalue weighted by atomic mass is 19.4. The SMILES string of the molecule is CCCN(Cc1ccc(CCC(F)(F)C(F)(F)C(F)(F)C(F)(F)C(F)(F)C(F)(F)F)cc1)N=Nc1ccc(/C=C/c2ccc(/C=C/c3ccc(/C=C/c4ccc([N+](=O)[O-])cc4)cc3)cc2)cc1. The van der Waals surface area contributed by atoms with E-state index in [2.05, 4.69) is 10.3 Å². The van der Waals surface area contributed by atoms with Gasteiger partial charge in [0.25, 0.3) is 5.69 Å². The van der Waals surface area contributed by atoms with Gasteiger partial charge in [-0.2, -0.15) is 57.1 Å². The van der Waals surface area contributed by atoms with Crippen LogP contribution < -0.4 is 0 Å². The summed E-state index contributed by atoms with van der Waals surface area (Å²) in [5.41, 5.74) is 6.48. The number of non-ortho nitro benzene ring substituents is 1. The smallest absolute Gasteiger partial charge is 0.274 e. The van der Waals surface area contributed by atoms with Gasteiger partial charge in [-0.3, -0.25) is 15.1 Å². The molecule has 0 aliphatic heterocycles. The maximum Gasteiger partial charge on any atom is 0.460 e. The summed E-state index contributed by atoms with van der Waals surface area (Å²) >= 11 is 0. The van der Waals surface area contributed by atoms with E-state index >= 15 is 0 Å². The number of benzene rings is 5. The molecule has 67 heavy (non-hydrogen) atoms. The predicted octanol–water partition coefficient (Wildman–Crippen LogP) is 15.7. The molecule has 0 radical (unpaired) electrons. The molecule has 0 bridgehead atoms. The second-order valence-corrected chi connectivity index (χ2v) is 15.2. The topological polar surface area (TPSA) is 71.1 Å². The maximum absolute atomic E-state index is 14.3. The van der Waals surface area contributed by atoms with Crippen molar-refractivity contribution in [3.63, 3.8) is 0 Å². The van der Waals surface area contributed by atoms with Gasteiger partial charge in [0.1, 0.15) is 0 Å². The first-order valence-electron chi connectivity index (χ1n) is 20.2. The van der Waals surface area contributed by atoms with Crippen LogP contribution in [0.4, 0.5) is 68.5 Å². The third-order valence-corrected chi connectivity index (χ3v) is 10.2. The van der Waals surface area contributed by atoms with Crippen LogP contribution in [0.1, 0.15) is 64.3 Å². The molecule has 0 atom stereocenters. The molecule has 0 aliphatic rings. The number of nitro benzene ring substituents is 1. The Hall–Kier alpha value is -6.79. The minimum Gasteiger partial charge on any atom is -0.274 e. The van der Waals surface area contributed by atoms with Crippen LogP contribution >= 0.6 is 0 Å². The summed E-state index contributed by atoms with van der Waals surface area (Å²) in [7, 11) is 0. The van der Waals surface area contributed by atoms with E-state index in [9.17, 15) is 67.2 Å². The van der Waals surface area contributed by atoms with Crippen LogP contribution in [0.3, 0.4) is 0 Å². The zero-order chi connectivity index (χ0) is 49.3. The molecule has 354 valence electrons. The molecule has 6 nitrogen and oxygen atoms in total. The van der Waals surface area contributed by atoms with Gasteiger partial charge in [0, 0.05) is 25.1 Å². The van der Waals surface area contributed by atoms with Crippen LogP contribution in [-0.2, 0) is 13.0 Å². The largest absolute Gasteiger partial charge is 0.460 e. The average Bonchev–Trinajstić information content (AvgIpc) is 3.29. The van der Waals surface area contributed by atoms with Gasteiger partial charge in [-0.05, 0) is 81.6 Å². The van der Waals surface area contributed by atoms with Gasteiger partial charge in [0.2, 0.25) is 0 Å². The second-order valence-electron chi connectivity index (χ2n) is 15.2. The fraction of sp³-hybridized carbons (Fsp3) is 0.250. The number of aryl methyl sites for hydroxylation is 1. The van der Waals surface area contributed by atoms with Crippen molar-refractivity contribution in [1.29, 1.82) is 0 Å². The molecule has 5 rings (SSSR count). The number of hydrogen-bond donors (Lipinski definition) is 0. The van der Waals surface area contributed by atoms with Gasteiger partial charge in [-0.25, -0.2) is 0 Å². The monoisotopic (exact) mass is 950 g/mol. The van der Waals surface area contributed by atoms with E-state index in [0.717, 1.165) is 45.5 Å². The molecular weight excluding hydrogens is 912 g/mol. The van der Waals surface area contributed by atoms with E-state index in [-0.39, 0.29) is 17.8 Å². The molecular formula is C48H39F13N4O2. The number of nitrogens with zero attached hydrogens (tertiary/aromatic N) is 4. The zero-order valence-corrected chi connectivity index (χ0v) is 35.1. The summed E-state index contributed by atoms with van der Waals surface area (Å²) in [6, 6.07) is 34.2. The predicted molar refractivity (Wildman–Crippen MR) is 230 cm³/mol. The standard InChI is InChI=1S/C48H39F13N4O2/c1-2-31-64(32-40-19-17-39(18-20-40)29-30-43(49,50)44(51,52)45(53,54)46(55,56)47(57,58)48(59,60)61)63-62-41-25-21-37(22-26-41)15-13-35-9-5-33(6-10-35)3-4-34-7-11-36(12-8-34)14-16-38-23-27-42(28-24-38)65(66)67/h3-28H,2,29-32H2,1H3/b4-3+,15-13+,16-14+,63-62?. The highest BCUT2D eigenvalue weighted by Crippen LogP contribution is 2.60. The van der Waals surface area contributed by atoms with Gasteiger partial charge < -0.3 is 0 Å². The first kappa shape index (κ1) is 51.2. The van der Waals surface area contributed by atoms with E-state index in [4.69, 9.17) is 0 Å². The van der Waals surface area contributed by atoms with Crippen molar-refractivity contribution >= 4 is 47.8 Å². The molecule has 0 saturated heterocycles. The van der Waals surface area contributed by atoms with Crippen molar-refractivity contribution in [3.05, 3.63) is 176 Å². The number of nitro groups is 1. The van der Waals surface area contributed by atoms with Crippen LogP contribution in [0.15, 0.2) is 132 Å². The Morgan fingerprint density at radius 2 is 0.866 bits per heavy atom. The fourth-order valence-corrected chi connectivity index (χ4v) is 6.18. The lowest BCUT2D eigenvalue weighted by Crippen LogP contribution is -2.70. The summed E-state index contributed by atoms with van der Waals surface area (Å²) in [6.07, 6.45) is 1.34. The minimum atomic E-state index is -7.92. The third-order valence-electron chi connectivity index (χ3n) is 10.2. The Bertz CT molecular complexity index is 2540. The van der Waals surface area contributed by atoms with E-state index in [1.807, 2.05) is 104 Å². The Balaban J connectivity index is 1.11. The number of halogens is 13. The van der Waals surface area contributed by atoms with Crippen molar-refractivity contribution in [3.8, 4) is 0 Å². The van der Waals surface area contributed by atoms with Gasteiger partial charge in [0.05, 0.1) is 17.2 Å². The molecule has 0 amide bonds. The van der Waals surface area contributed by atoms with Crippen LogP contribution in [0.25, 0.3) is 36.5 Å². The number of alkyl halides is 13. The number of hydrogen-bond acceptors (Lipinski definition) is 4. The van der Waals surface area contributed by atoms with Gasteiger partial charge >= 0.3 is 35.8 Å². The Morgan fingerprint density at radius 3 is 1.24 bits per heavy atom. The fourth-order valence-electron chi connectivity index (χ4n) is 6.18. The quantitative estimate of drug-likeness (QED) is 0.0257. The molecule has 19 heteroatoms. The van der Waals surface area contributed by atoms with Gasteiger partial charge in [0.15, 0.2) is 0 Å². The first-order chi connectivity index (χ1) is 31.4. The third kappa shape index (κ3) is 12.4. The molecule has 0 aromatic heterocycles. The maximum atomic E-state index is 14.3. The zero-order valence-electron chi connectivity index (χ0n) is 35.1. The Labute approximate surface area is 375 Å². The van der Waals surface area contributed by atoms with Crippen LogP contribution in [0.5, 0.6) is 0 Å². The van der Waals surface area contributed by atoms with Crippen LogP contribution in [-0.4, -0.2) is 52.3 Å². The van der Waals surface area contributed by atoms with Crippen LogP contribution in [0, 0.1) is 10.1 Å². The average molecular weight is 951 g/mol. The van der Waals surface area contributed by atoms with E-state index in [1.165, 1.54) is 24.3 Å². The summed E-state index contributed by atoms with van der Waals surface area (Å²) in [5, 5.41) is 20.9. The molecule has 0 heterocycles. The Morgan fingerprint density at radius 1 is 0.507 bits per heavy atom. The molecule has 0 aliphatic carbocycles. The summed E-state index contributed by atoms with van der Waals surface area (Å²) in [4.78, 5) is 10.4. The van der Waals surface area contributed by atoms with Crippen molar-refractivity contribution in [2.45, 2.75) is 68.5 Å². The normalized spacial score (nSPS) is 13.4. The van der Waals surface area contributed by atoms with E-state index < -0.39 is 53.6 Å². The van der Waals surface area contributed by atoms with Crippen molar-refractivity contribution in [2.24, 2.45) is 10.3 Å². The Kier molecular flexibility index (Phi) is 15.9. The summed E-state index contributed by atoms with van der Waals surface area (Å²) < 4.78 is 175. The molecule has 0 N–H and O–H groups in total. The van der Waals surface area contributed by atoms with Crippen molar-refractivity contribution in [2.75, 3.05) is 6.54 Å². The molecule has 0 fully saturated rings. The molecule has 0 unspecified atom stereocenters. The molecule has 5 aromatic carbocycles. The van der Waals surface area contributed by atoms with Crippen molar-refractivity contribution in [1.82, 2.24) is 5.01 Å². The van der Waals surface area contributed by atoms with Crippen molar-refractivity contribution < 1.29 is 62.0 Å². The summed E-state index contributed by atoms with van der Waals surface area (Å²) in [6.45, 7) is 2.36. The van der Waals surface area contributed by atoms with Gasteiger partial charge in [-0.15, -0.1) is 5.11 Å². The molecule has 5 aromatic rings. The first-order valence-corrected chi connectivity index (χ1v) is 20.2. The molecule has 0 spiro atoms. The highest BCUT2D eigenvalue weighted by molar-refractivity contribution is 5.75. The van der Waals surface area contributed by atoms with Gasteiger partial charge in [-0.1, -0.05) is 134 Å². The number of rotatable bonds is 20.